The predicted octanol–water partition coefficient (Wildman–Crippen LogP) is 1.68. The molecule has 1 saturated carbocycles. The summed E-state index contributed by atoms with van der Waals surface area (Å²) < 4.78 is 5.84. The highest BCUT2D eigenvalue weighted by atomic mass is 16.5. The Balaban J connectivity index is 2.08. The van der Waals surface area contributed by atoms with Crippen molar-refractivity contribution in [1.29, 1.82) is 0 Å². The molecule has 0 aromatic heterocycles. The van der Waals surface area contributed by atoms with Crippen molar-refractivity contribution >= 4 is 0 Å². The van der Waals surface area contributed by atoms with Gasteiger partial charge in [0, 0.05) is 12.6 Å². The fourth-order valence-electron chi connectivity index (χ4n) is 2.77. The summed E-state index contributed by atoms with van der Waals surface area (Å²) in [5.74, 6) is 0.808. The Morgan fingerprint density at radius 2 is 2.25 bits per heavy atom. The summed E-state index contributed by atoms with van der Waals surface area (Å²) in [4.78, 5) is 0. The highest BCUT2D eigenvalue weighted by Gasteiger charge is 2.44. The van der Waals surface area contributed by atoms with Gasteiger partial charge in [0.05, 0.1) is 5.60 Å². The van der Waals surface area contributed by atoms with Crippen LogP contribution in [0.1, 0.15) is 39.0 Å². The van der Waals surface area contributed by atoms with E-state index < -0.39 is 0 Å². The summed E-state index contributed by atoms with van der Waals surface area (Å²) in [6.45, 7) is 3.20. The minimum absolute atomic E-state index is 0.0810. The van der Waals surface area contributed by atoms with Crippen molar-refractivity contribution < 1.29 is 4.74 Å². The van der Waals surface area contributed by atoms with Gasteiger partial charge in [0.25, 0.3) is 0 Å². The molecule has 1 aliphatic carbocycles. The van der Waals surface area contributed by atoms with E-state index in [1.165, 1.54) is 25.7 Å². The van der Waals surface area contributed by atoms with Crippen molar-refractivity contribution in [2.24, 2.45) is 11.7 Å². The lowest BCUT2D eigenvalue weighted by Gasteiger charge is -2.39. The summed E-state index contributed by atoms with van der Waals surface area (Å²) in [5, 5.41) is 0. The standard InChI is InChI=1S/C10H19NO/c1-8-3-2-5-10(7-8)9(11)4-6-12-10/h8-9H,2-7,11H2,1H3. The van der Waals surface area contributed by atoms with Crippen molar-refractivity contribution in [1.82, 2.24) is 0 Å². The van der Waals surface area contributed by atoms with Gasteiger partial charge in [-0.2, -0.15) is 0 Å². The van der Waals surface area contributed by atoms with Crippen LogP contribution in [-0.4, -0.2) is 18.2 Å². The third-order valence-corrected chi connectivity index (χ3v) is 3.48. The molecule has 2 N–H and O–H groups in total. The fraction of sp³-hybridized carbons (Fsp3) is 1.00. The Hall–Kier alpha value is -0.0800. The number of hydrogen-bond donors (Lipinski definition) is 1. The van der Waals surface area contributed by atoms with Crippen LogP contribution in [0, 0.1) is 5.92 Å². The number of rotatable bonds is 0. The summed E-state index contributed by atoms with van der Waals surface area (Å²) >= 11 is 0. The lowest BCUT2D eigenvalue weighted by Crippen LogP contribution is -2.47. The highest BCUT2D eigenvalue weighted by Crippen LogP contribution is 2.40. The van der Waals surface area contributed by atoms with Gasteiger partial charge >= 0.3 is 0 Å². The molecule has 2 heteroatoms. The van der Waals surface area contributed by atoms with E-state index >= 15 is 0 Å². The molecular weight excluding hydrogens is 150 g/mol. The van der Waals surface area contributed by atoms with Crippen molar-refractivity contribution in [3.63, 3.8) is 0 Å². The second-order valence-electron chi connectivity index (χ2n) is 4.51. The van der Waals surface area contributed by atoms with Crippen molar-refractivity contribution in [3.8, 4) is 0 Å². The van der Waals surface area contributed by atoms with Gasteiger partial charge < -0.3 is 10.5 Å². The Bertz CT molecular complexity index is 171. The molecule has 1 aliphatic heterocycles. The van der Waals surface area contributed by atoms with Gasteiger partial charge in [-0.15, -0.1) is 0 Å². The molecular formula is C10H19NO. The first-order valence-corrected chi connectivity index (χ1v) is 5.12. The van der Waals surface area contributed by atoms with Crippen LogP contribution in [0.3, 0.4) is 0 Å². The van der Waals surface area contributed by atoms with Crippen LogP contribution in [0.4, 0.5) is 0 Å². The molecule has 2 nitrogen and oxygen atoms in total. The van der Waals surface area contributed by atoms with E-state index in [0.717, 1.165) is 18.9 Å². The summed E-state index contributed by atoms with van der Waals surface area (Å²) in [7, 11) is 0. The maximum Gasteiger partial charge on any atom is 0.0836 e. The second-order valence-corrected chi connectivity index (χ2v) is 4.51. The molecule has 0 aromatic rings. The van der Waals surface area contributed by atoms with Gasteiger partial charge in [-0.3, -0.25) is 0 Å². The highest BCUT2D eigenvalue weighted by molar-refractivity contribution is 4.98. The van der Waals surface area contributed by atoms with Gasteiger partial charge in [-0.1, -0.05) is 19.8 Å². The van der Waals surface area contributed by atoms with Gasteiger partial charge in [-0.25, -0.2) is 0 Å². The van der Waals surface area contributed by atoms with Crippen molar-refractivity contribution in [2.45, 2.75) is 50.7 Å². The van der Waals surface area contributed by atoms with Crippen LogP contribution >= 0.6 is 0 Å². The number of hydrogen-bond acceptors (Lipinski definition) is 2. The zero-order valence-corrected chi connectivity index (χ0v) is 7.88. The largest absolute Gasteiger partial charge is 0.373 e. The molecule has 3 atom stereocenters. The van der Waals surface area contributed by atoms with Crippen LogP contribution in [-0.2, 0) is 4.74 Å². The molecule has 1 saturated heterocycles. The number of nitrogens with two attached hydrogens (primary N) is 1. The zero-order chi connectivity index (χ0) is 8.60. The topological polar surface area (TPSA) is 35.2 Å². The SMILES string of the molecule is CC1CCCC2(C1)OCCC2N. The summed E-state index contributed by atoms with van der Waals surface area (Å²) in [6, 6.07) is 0.306. The summed E-state index contributed by atoms with van der Waals surface area (Å²) in [6.07, 6.45) is 6.10. The first kappa shape index (κ1) is 8.52. The summed E-state index contributed by atoms with van der Waals surface area (Å²) in [5.41, 5.74) is 6.16. The Morgan fingerprint density at radius 3 is 2.83 bits per heavy atom. The predicted molar refractivity (Wildman–Crippen MR) is 48.9 cm³/mol. The lowest BCUT2D eigenvalue weighted by atomic mass is 9.75. The molecule has 1 heterocycles. The lowest BCUT2D eigenvalue weighted by molar-refractivity contribution is -0.0458. The maximum atomic E-state index is 6.08. The second kappa shape index (κ2) is 3.00. The Labute approximate surface area is 74.5 Å². The molecule has 70 valence electrons. The van der Waals surface area contributed by atoms with Gasteiger partial charge in [0.15, 0.2) is 0 Å². The zero-order valence-electron chi connectivity index (χ0n) is 7.88. The van der Waals surface area contributed by atoms with Crippen LogP contribution in [0.2, 0.25) is 0 Å². The molecule has 1 spiro atoms. The van der Waals surface area contributed by atoms with E-state index in [1.807, 2.05) is 0 Å². The molecule has 12 heavy (non-hydrogen) atoms. The third kappa shape index (κ3) is 1.27. The Morgan fingerprint density at radius 1 is 1.42 bits per heavy atom. The third-order valence-electron chi connectivity index (χ3n) is 3.48. The van der Waals surface area contributed by atoms with E-state index in [9.17, 15) is 0 Å². The molecule has 0 radical (unpaired) electrons. The van der Waals surface area contributed by atoms with E-state index in [0.29, 0.717) is 6.04 Å². The average molecular weight is 169 g/mol. The van der Waals surface area contributed by atoms with Crippen molar-refractivity contribution in [2.75, 3.05) is 6.61 Å². The quantitative estimate of drug-likeness (QED) is 0.599. The molecule has 3 unspecified atom stereocenters. The monoisotopic (exact) mass is 169 g/mol. The van der Waals surface area contributed by atoms with Gasteiger partial charge in [0.2, 0.25) is 0 Å². The first-order chi connectivity index (χ1) is 5.73. The van der Waals surface area contributed by atoms with E-state index in [-0.39, 0.29) is 5.60 Å². The molecule has 0 aromatic carbocycles. The van der Waals surface area contributed by atoms with Gasteiger partial charge in [-0.05, 0) is 25.2 Å². The van der Waals surface area contributed by atoms with Crippen LogP contribution in [0.15, 0.2) is 0 Å². The molecule has 2 aliphatic rings. The Kier molecular flexibility index (Phi) is 2.13. The van der Waals surface area contributed by atoms with E-state index in [2.05, 4.69) is 6.92 Å². The van der Waals surface area contributed by atoms with Crippen LogP contribution < -0.4 is 5.73 Å². The maximum absolute atomic E-state index is 6.08. The normalized spacial score (nSPS) is 48.5. The van der Waals surface area contributed by atoms with Crippen LogP contribution in [0.5, 0.6) is 0 Å². The number of ether oxygens (including phenoxy) is 1. The van der Waals surface area contributed by atoms with E-state index in [1.54, 1.807) is 0 Å². The van der Waals surface area contributed by atoms with Crippen molar-refractivity contribution in [3.05, 3.63) is 0 Å². The molecule has 0 bridgehead atoms. The minimum atomic E-state index is 0.0810. The molecule has 0 amide bonds. The minimum Gasteiger partial charge on any atom is -0.373 e. The fourth-order valence-corrected chi connectivity index (χ4v) is 2.77. The average Bonchev–Trinajstić information content (AvgIpc) is 2.33. The molecule has 2 rings (SSSR count). The van der Waals surface area contributed by atoms with Crippen LogP contribution in [0.25, 0.3) is 0 Å². The smallest absolute Gasteiger partial charge is 0.0836 e. The van der Waals surface area contributed by atoms with E-state index in [4.69, 9.17) is 10.5 Å². The first-order valence-electron chi connectivity index (χ1n) is 5.12. The van der Waals surface area contributed by atoms with Gasteiger partial charge in [0.1, 0.15) is 0 Å². The molecule has 2 fully saturated rings.